The quantitative estimate of drug-likeness (QED) is 0.327. The van der Waals surface area contributed by atoms with E-state index in [4.69, 9.17) is 21.1 Å². The molecule has 1 rings (SSSR count). The van der Waals surface area contributed by atoms with Crippen LogP contribution in [-0.4, -0.2) is 30.6 Å². The van der Waals surface area contributed by atoms with Crippen LogP contribution in [-0.2, 0) is 4.74 Å². The number of nitro groups is 1. The van der Waals surface area contributed by atoms with Crippen molar-refractivity contribution in [2.75, 3.05) is 25.7 Å². The lowest BCUT2D eigenvalue weighted by molar-refractivity contribution is -0.385. The molecule has 0 aliphatic rings. The van der Waals surface area contributed by atoms with Crippen molar-refractivity contribution in [2.45, 2.75) is 6.92 Å². The summed E-state index contributed by atoms with van der Waals surface area (Å²) >= 11 is 5.44. The van der Waals surface area contributed by atoms with Crippen LogP contribution in [0.5, 0.6) is 5.75 Å². The molecule has 0 bridgehead atoms. The van der Waals surface area contributed by atoms with Gasteiger partial charge < -0.3 is 9.47 Å². The Morgan fingerprint density at radius 1 is 1.35 bits per heavy atom. The lowest BCUT2D eigenvalue weighted by Crippen LogP contribution is -2.09. The summed E-state index contributed by atoms with van der Waals surface area (Å²) in [5, 5.41) is 10.7. The number of nitrogens with zero attached hydrogens (tertiary/aromatic N) is 1. The Bertz CT molecular complexity index is 384. The van der Waals surface area contributed by atoms with E-state index in [9.17, 15) is 10.1 Å². The van der Waals surface area contributed by atoms with E-state index in [0.29, 0.717) is 37.0 Å². The fraction of sp³-hybridized carbons (Fsp3) is 0.455. The molecule has 0 aromatic heterocycles. The smallest absolute Gasteiger partial charge is 0.276 e. The van der Waals surface area contributed by atoms with Gasteiger partial charge in [-0.05, 0) is 13.0 Å². The first kappa shape index (κ1) is 13.7. The van der Waals surface area contributed by atoms with Crippen LogP contribution in [0.15, 0.2) is 18.2 Å². The fourth-order valence-corrected chi connectivity index (χ4v) is 1.43. The van der Waals surface area contributed by atoms with E-state index in [1.807, 2.05) is 0 Å². The van der Waals surface area contributed by atoms with E-state index in [1.54, 1.807) is 19.1 Å². The molecule has 0 spiro atoms. The molecule has 0 saturated carbocycles. The second kappa shape index (κ2) is 7.09. The van der Waals surface area contributed by atoms with Crippen molar-refractivity contribution in [3.63, 3.8) is 0 Å². The molecule has 0 saturated heterocycles. The summed E-state index contributed by atoms with van der Waals surface area (Å²) in [7, 11) is 0. The minimum absolute atomic E-state index is 0.0594. The van der Waals surface area contributed by atoms with Gasteiger partial charge in [0.15, 0.2) is 0 Å². The number of ether oxygens (including phenoxy) is 2. The van der Waals surface area contributed by atoms with Crippen LogP contribution in [0.4, 0.5) is 5.69 Å². The molecule has 0 fully saturated rings. The highest BCUT2D eigenvalue weighted by atomic mass is 35.5. The molecule has 6 heteroatoms. The molecule has 0 radical (unpaired) electrons. The van der Waals surface area contributed by atoms with Gasteiger partial charge in [0.25, 0.3) is 5.69 Å². The third-order valence-corrected chi connectivity index (χ3v) is 2.31. The largest absolute Gasteiger partial charge is 0.491 e. The van der Waals surface area contributed by atoms with Crippen LogP contribution in [0, 0.1) is 17.0 Å². The van der Waals surface area contributed by atoms with Crippen molar-refractivity contribution < 1.29 is 14.4 Å². The Kier molecular flexibility index (Phi) is 5.72. The normalized spacial score (nSPS) is 10.2. The zero-order valence-electron chi connectivity index (χ0n) is 9.52. The highest BCUT2D eigenvalue weighted by molar-refractivity contribution is 6.17. The molecular formula is C11H14ClNO4. The van der Waals surface area contributed by atoms with E-state index in [2.05, 4.69) is 0 Å². The second-order valence-corrected chi connectivity index (χ2v) is 3.69. The standard InChI is InChI=1S/C11H14ClNO4/c1-9-10(13(14)15)3-2-4-11(9)17-8-7-16-6-5-12/h2-4H,5-8H2,1H3. The number of halogens is 1. The Morgan fingerprint density at radius 2 is 2.12 bits per heavy atom. The van der Waals surface area contributed by atoms with E-state index in [1.165, 1.54) is 6.07 Å². The molecular weight excluding hydrogens is 246 g/mol. The van der Waals surface area contributed by atoms with Gasteiger partial charge in [0.2, 0.25) is 0 Å². The zero-order valence-corrected chi connectivity index (χ0v) is 10.3. The van der Waals surface area contributed by atoms with Crippen molar-refractivity contribution >= 4 is 17.3 Å². The van der Waals surface area contributed by atoms with Crippen LogP contribution < -0.4 is 4.74 Å². The molecule has 1 aromatic rings. The summed E-state index contributed by atoms with van der Waals surface area (Å²) in [4.78, 5) is 10.3. The summed E-state index contributed by atoms with van der Waals surface area (Å²) in [6.45, 7) is 2.89. The van der Waals surface area contributed by atoms with Crippen LogP contribution in [0.1, 0.15) is 5.56 Å². The van der Waals surface area contributed by atoms with Gasteiger partial charge in [-0.1, -0.05) is 6.07 Å². The molecule has 0 aliphatic carbocycles. The molecule has 17 heavy (non-hydrogen) atoms. The van der Waals surface area contributed by atoms with Crippen LogP contribution >= 0.6 is 11.6 Å². The van der Waals surface area contributed by atoms with Gasteiger partial charge in [-0.15, -0.1) is 11.6 Å². The number of nitro benzene ring substituents is 1. The van der Waals surface area contributed by atoms with Crippen molar-refractivity contribution in [1.29, 1.82) is 0 Å². The Hall–Kier alpha value is -1.33. The number of hydrogen-bond acceptors (Lipinski definition) is 4. The minimum atomic E-state index is -0.424. The fourth-order valence-electron chi connectivity index (χ4n) is 1.32. The van der Waals surface area contributed by atoms with Crippen LogP contribution in [0.3, 0.4) is 0 Å². The third kappa shape index (κ3) is 4.20. The predicted octanol–water partition coefficient (Wildman–Crippen LogP) is 2.54. The van der Waals surface area contributed by atoms with Crippen LogP contribution in [0.2, 0.25) is 0 Å². The number of benzene rings is 1. The van der Waals surface area contributed by atoms with E-state index in [0.717, 1.165) is 0 Å². The number of hydrogen-bond donors (Lipinski definition) is 0. The zero-order chi connectivity index (χ0) is 12.7. The third-order valence-electron chi connectivity index (χ3n) is 2.16. The molecule has 0 unspecified atom stereocenters. The topological polar surface area (TPSA) is 61.6 Å². The second-order valence-electron chi connectivity index (χ2n) is 3.31. The van der Waals surface area contributed by atoms with E-state index < -0.39 is 4.92 Å². The Balaban J connectivity index is 2.54. The monoisotopic (exact) mass is 259 g/mol. The van der Waals surface area contributed by atoms with Crippen molar-refractivity contribution in [1.82, 2.24) is 0 Å². The van der Waals surface area contributed by atoms with E-state index in [-0.39, 0.29) is 5.69 Å². The minimum Gasteiger partial charge on any atom is -0.491 e. The number of rotatable bonds is 7. The summed E-state index contributed by atoms with van der Waals surface area (Å²) in [5.74, 6) is 0.948. The average Bonchev–Trinajstić information content (AvgIpc) is 2.30. The van der Waals surface area contributed by atoms with Crippen molar-refractivity contribution in [3.05, 3.63) is 33.9 Å². The van der Waals surface area contributed by atoms with Gasteiger partial charge in [0.05, 0.1) is 23.7 Å². The highest BCUT2D eigenvalue weighted by Gasteiger charge is 2.13. The highest BCUT2D eigenvalue weighted by Crippen LogP contribution is 2.26. The first-order chi connectivity index (χ1) is 8.16. The molecule has 0 heterocycles. The SMILES string of the molecule is Cc1c(OCCOCCCl)cccc1[N+](=O)[O-]. The van der Waals surface area contributed by atoms with Gasteiger partial charge in [0, 0.05) is 11.9 Å². The van der Waals surface area contributed by atoms with Crippen molar-refractivity contribution in [3.8, 4) is 5.75 Å². The van der Waals surface area contributed by atoms with Gasteiger partial charge in [0.1, 0.15) is 12.4 Å². The maximum Gasteiger partial charge on any atom is 0.276 e. The predicted molar refractivity (Wildman–Crippen MR) is 64.9 cm³/mol. The Morgan fingerprint density at radius 3 is 2.76 bits per heavy atom. The van der Waals surface area contributed by atoms with Crippen LogP contribution in [0.25, 0.3) is 0 Å². The number of alkyl halides is 1. The van der Waals surface area contributed by atoms with Crippen molar-refractivity contribution in [2.24, 2.45) is 0 Å². The maximum atomic E-state index is 10.7. The maximum absolute atomic E-state index is 10.7. The molecule has 94 valence electrons. The molecule has 1 aromatic carbocycles. The molecule has 0 aliphatic heterocycles. The molecule has 0 atom stereocenters. The summed E-state index contributed by atoms with van der Waals surface area (Å²) < 4.78 is 10.5. The average molecular weight is 260 g/mol. The first-order valence-corrected chi connectivity index (χ1v) is 5.70. The van der Waals surface area contributed by atoms with E-state index >= 15 is 0 Å². The van der Waals surface area contributed by atoms with Gasteiger partial charge in [-0.2, -0.15) is 0 Å². The summed E-state index contributed by atoms with van der Waals surface area (Å²) in [6, 6.07) is 4.75. The Labute approximate surface area is 104 Å². The lowest BCUT2D eigenvalue weighted by atomic mass is 10.2. The van der Waals surface area contributed by atoms with Gasteiger partial charge in [-0.3, -0.25) is 10.1 Å². The molecule has 5 nitrogen and oxygen atoms in total. The summed E-state index contributed by atoms with van der Waals surface area (Å²) in [5.41, 5.74) is 0.582. The van der Waals surface area contributed by atoms with Gasteiger partial charge >= 0.3 is 0 Å². The summed E-state index contributed by atoms with van der Waals surface area (Å²) in [6.07, 6.45) is 0. The molecule has 0 amide bonds. The lowest BCUT2D eigenvalue weighted by Gasteiger charge is -2.09. The first-order valence-electron chi connectivity index (χ1n) is 5.17. The molecule has 0 N–H and O–H groups in total. The van der Waals surface area contributed by atoms with Gasteiger partial charge in [-0.25, -0.2) is 0 Å².